The lowest BCUT2D eigenvalue weighted by Crippen LogP contribution is -2.02. The van der Waals surface area contributed by atoms with Crippen LogP contribution in [0.15, 0.2) is 36.7 Å². The van der Waals surface area contributed by atoms with Crippen molar-refractivity contribution in [2.75, 3.05) is 11.9 Å². The number of hydrogen-bond acceptors (Lipinski definition) is 3. The molecule has 0 amide bonds. The highest BCUT2D eigenvalue weighted by Gasteiger charge is 2.05. The quantitative estimate of drug-likeness (QED) is 0.897. The molecular formula is C13H14ClN3. The molecule has 0 saturated heterocycles. The summed E-state index contributed by atoms with van der Waals surface area (Å²) in [6, 6.07) is 9.58. The van der Waals surface area contributed by atoms with Crippen molar-refractivity contribution in [3.8, 4) is 11.3 Å². The van der Waals surface area contributed by atoms with Crippen molar-refractivity contribution in [1.29, 1.82) is 0 Å². The molecule has 0 bridgehead atoms. The highest BCUT2D eigenvalue weighted by molar-refractivity contribution is 6.33. The third kappa shape index (κ3) is 2.94. The molecule has 0 fully saturated rings. The minimum atomic E-state index is 0.702. The highest BCUT2D eigenvalue weighted by atomic mass is 35.5. The summed E-state index contributed by atoms with van der Waals surface area (Å²) in [6.45, 7) is 3.02. The van der Waals surface area contributed by atoms with Crippen molar-refractivity contribution in [2.24, 2.45) is 0 Å². The minimum absolute atomic E-state index is 0.702. The molecule has 0 unspecified atom stereocenters. The summed E-state index contributed by atoms with van der Waals surface area (Å²) in [5, 5.41) is 3.93. The van der Waals surface area contributed by atoms with Crippen LogP contribution in [-0.2, 0) is 0 Å². The van der Waals surface area contributed by atoms with E-state index in [0.717, 1.165) is 30.0 Å². The van der Waals surface area contributed by atoms with E-state index in [0.29, 0.717) is 5.02 Å². The maximum atomic E-state index is 6.13. The van der Waals surface area contributed by atoms with Gasteiger partial charge in [-0.2, -0.15) is 0 Å². The maximum absolute atomic E-state index is 6.13. The molecule has 0 aliphatic heterocycles. The molecule has 0 aliphatic carbocycles. The Kier molecular flexibility index (Phi) is 3.94. The van der Waals surface area contributed by atoms with Crippen LogP contribution in [0.4, 0.5) is 5.82 Å². The SMILES string of the molecule is CCCNc1cc(-c2ccccc2Cl)ncn1. The molecule has 2 aromatic rings. The number of nitrogens with zero attached hydrogens (tertiary/aromatic N) is 2. The van der Waals surface area contributed by atoms with Gasteiger partial charge in [-0.1, -0.05) is 36.7 Å². The van der Waals surface area contributed by atoms with Crippen LogP contribution in [0.2, 0.25) is 5.02 Å². The Balaban J connectivity index is 2.30. The van der Waals surface area contributed by atoms with Gasteiger partial charge in [-0.3, -0.25) is 0 Å². The van der Waals surface area contributed by atoms with E-state index in [1.165, 1.54) is 0 Å². The molecule has 1 N–H and O–H groups in total. The normalized spacial score (nSPS) is 10.2. The first-order chi connectivity index (χ1) is 8.31. The molecule has 2 rings (SSSR count). The van der Waals surface area contributed by atoms with Crippen LogP contribution in [-0.4, -0.2) is 16.5 Å². The van der Waals surface area contributed by atoms with Crippen LogP contribution in [0.25, 0.3) is 11.3 Å². The third-order valence-electron chi connectivity index (χ3n) is 2.37. The molecular weight excluding hydrogens is 234 g/mol. The van der Waals surface area contributed by atoms with Gasteiger partial charge in [0.05, 0.1) is 5.69 Å². The first-order valence-electron chi connectivity index (χ1n) is 5.62. The predicted molar refractivity (Wildman–Crippen MR) is 71.3 cm³/mol. The molecule has 88 valence electrons. The second-order valence-electron chi connectivity index (χ2n) is 3.70. The van der Waals surface area contributed by atoms with E-state index in [9.17, 15) is 0 Å². The van der Waals surface area contributed by atoms with Crippen LogP contribution in [0.3, 0.4) is 0 Å². The standard InChI is InChI=1S/C13H14ClN3/c1-2-7-15-13-8-12(16-9-17-13)10-5-3-4-6-11(10)14/h3-6,8-9H,2,7H2,1H3,(H,15,16,17). The fourth-order valence-corrected chi connectivity index (χ4v) is 1.76. The zero-order valence-corrected chi connectivity index (χ0v) is 10.4. The van der Waals surface area contributed by atoms with Gasteiger partial charge in [-0.05, 0) is 12.5 Å². The fourth-order valence-electron chi connectivity index (χ4n) is 1.52. The van der Waals surface area contributed by atoms with Gasteiger partial charge in [0.2, 0.25) is 0 Å². The number of nitrogens with one attached hydrogen (secondary N) is 1. The summed E-state index contributed by atoms with van der Waals surface area (Å²) in [7, 11) is 0. The topological polar surface area (TPSA) is 37.8 Å². The molecule has 3 nitrogen and oxygen atoms in total. The molecule has 0 aliphatic rings. The van der Waals surface area contributed by atoms with E-state index in [1.807, 2.05) is 30.3 Å². The Morgan fingerprint density at radius 1 is 1.24 bits per heavy atom. The molecule has 0 saturated carbocycles. The van der Waals surface area contributed by atoms with E-state index >= 15 is 0 Å². The van der Waals surface area contributed by atoms with Crippen molar-refractivity contribution in [2.45, 2.75) is 13.3 Å². The van der Waals surface area contributed by atoms with E-state index < -0.39 is 0 Å². The first kappa shape index (κ1) is 11.9. The summed E-state index contributed by atoms with van der Waals surface area (Å²) in [5.41, 5.74) is 1.76. The fraction of sp³-hybridized carbons (Fsp3) is 0.231. The Hall–Kier alpha value is -1.61. The van der Waals surface area contributed by atoms with Gasteiger partial charge in [0, 0.05) is 23.2 Å². The summed E-state index contributed by atoms with van der Waals surface area (Å²) in [4.78, 5) is 8.41. The predicted octanol–water partition coefficient (Wildman–Crippen LogP) is 3.62. The van der Waals surface area contributed by atoms with Gasteiger partial charge >= 0.3 is 0 Å². The molecule has 0 atom stereocenters. The number of halogens is 1. The lowest BCUT2D eigenvalue weighted by Gasteiger charge is -2.06. The Morgan fingerprint density at radius 3 is 2.82 bits per heavy atom. The largest absolute Gasteiger partial charge is 0.370 e. The Morgan fingerprint density at radius 2 is 2.06 bits per heavy atom. The monoisotopic (exact) mass is 247 g/mol. The number of benzene rings is 1. The van der Waals surface area contributed by atoms with E-state index in [-0.39, 0.29) is 0 Å². The summed E-state index contributed by atoms with van der Waals surface area (Å²) in [5.74, 6) is 0.830. The lowest BCUT2D eigenvalue weighted by atomic mass is 10.1. The highest BCUT2D eigenvalue weighted by Crippen LogP contribution is 2.26. The van der Waals surface area contributed by atoms with Gasteiger partial charge in [0.15, 0.2) is 0 Å². The summed E-state index contributed by atoms with van der Waals surface area (Å²) in [6.07, 6.45) is 2.61. The molecule has 4 heteroatoms. The van der Waals surface area contributed by atoms with Gasteiger partial charge in [-0.25, -0.2) is 9.97 Å². The number of hydrogen-bond donors (Lipinski definition) is 1. The second kappa shape index (κ2) is 5.64. The molecule has 0 spiro atoms. The van der Waals surface area contributed by atoms with Gasteiger partial charge < -0.3 is 5.32 Å². The van der Waals surface area contributed by atoms with E-state index in [1.54, 1.807) is 6.33 Å². The van der Waals surface area contributed by atoms with Gasteiger partial charge in [0.1, 0.15) is 12.1 Å². The van der Waals surface area contributed by atoms with Gasteiger partial charge in [-0.15, -0.1) is 0 Å². The average Bonchev–Trinajstić information content (AvgIpc) is 2.37. The molecule has 1 aromatic carbocycles. The van der Waals surface area contributed by atoms with E-state index in [2.05, 4.69) is 22.2 Å². The number of anilines is 1. The zero-order valence-electron chi connectivity index (χ0n) is 9.65. The Bertz CT molecular complexity index is 500. The summed E-state index contributed by atoms with van der Waals surface area (Å²) >= 11 is 6.13. The van der Waals surface area contributed by atoms with Crippen molar-refractivity contribution in [3.05, 3.63) is 41.7 Å². The smallest absolute Gasteiger partial charge is 0.129 e. The van der Waals surface area contributed by atoms with Crippen LogP contribution in [0.1, 0.15) is 13.3 Å². The van der Waals surface area contributed by atoms with Crippen molar-refractivity contribution in [3.63, 3.8) is 0 Å². The zero-order chi connectivity index (χ0) is 12.1. The van der Waals surface area contributed by atoms with E-state index in [4.69, 9.17) is 11.6 Å². The second-order valence-corrected chi connectivity index (χ2v) is 4.10. The summed E-state index contributed by atoms with van der Waals surface area (Å²) < 4.78 is 0. The third-order valence-corrected chi connectivity index (χ3v) is 2.70. The van der Waals surface area contributed by atoms with Crippen molar-refractivity contribution >= 4 is 17.4 Å². The van der Waals surface area contributed by atoms with Crippen LogP contribution < -0.4 is 5.32 Å². The maximum Gasteiger partial charge on any atom is 0.129 e. The molecule has 1 aromatic heterocycles. The lowest BCUT2D eigenvalue weighted by molar-refractivity contribution is 0.965. The van der Waals surface area contributed by atoms with Crippen molar-refractivity contribution in [1.82, 2.24) is 9.97 Å². The first-order valence-corrected chi connectivity index (χ1v) is 6.00. The van der Waals surface area contributed by atoms with Crippen LogP contribution >= 0.6 is 11.6 Å². The number of aromatic nitrogens is 2. The van der Waals surface area contributed by atoms with Crippen LogP contribution in [0, 0.1) is 0 Å². The Labute approximate surface area is 106 Å². The molecule has 1 heterocycles. The van der Waals surface area contributed by atoms with Crippen molar-refractivity contribution < 1.29 is 0 Å². The number of rotatable bonds is 4. The van der Waals surface area contributed by atoms with Crippen LogP contribution in [0.5, 0.6) is 0 Å². The minimum Gasteiger partial charge on any atom is -0.370 e. The molecule has 0 radical (unpaired) electrons. The molecule has 17 heavy (non-hydrogen) atoms. The van der Waals surface area contributed by atoms with Gasteiger partial charge in [0.25, 0.3) is 0 Å². The average molecular weight is 248 g/mol.